The first-order valence-electron chi connectivity index (χ1n) is 6.44. The first kappa shape index (κ1) is 14.1. The first-order valence-corrected chi connectivity index (χ1v) is 6.44. The molecule has 0 saturated carbocycles. The lowest BCUT2D eigenvalue weighted by Crippen LogP contribution is -2.26. The van der Waals surface area contributed by atoms with Crippen LogP contribution >= 0.6 is 0 Å². The summed E-state index contributed by atoms with van der Waals surface area (Å²) in [7, 11) is 1.64. The molecule has 3 N–H and O–H groups in total. The average Bonchev–Trinajstić information content (AvgIpc) is 2.36. The van der Waals surface area contributed by atoms with Gasteiger partial charge >= 0.3 is 0 Å². The number of nitrogens with one attached hydrogen (secondary N) is 1. The number of hydrogen-bond acceptors (Lipinski definition) is 5. The standard InChI is InChI=1S/C15H20N4O/c1-15(2,3)19-13-9-12(17-14(16)18-13)10-5-7-11(20-4)8-6-10/h5-9H,1-4H3,(H3,16,17,18,19). The van der Waals surface area contributed by atoms with Gasteiger partial charge in [0.25, 0.3) is 0 Å². The molecule has 2 rings (SSSR count). The number of aromatic nitrogens is 2. The number of hydrogen-bond donors (Lipinski definition) is 2. The number of benzene rings is 1. The minimum absolute atomic E-state index is 0.0853. The number of nitrogen functional groups attached to an aromatic ring is 1. The predicted octanol–water partition coefficient (Wildman–Crippen LogP) is 2.94. The van der Waals surface area contributed by atoms with Crippen LogP contribution in [-0.4, -0.2) is 22.6 Å². The lowest BCUT2D eigenvalue weighted by Gasteiger charge is -2.21. The maximum Gasteiger partial charge on any atom is 0.222 e. The van der Waals surface area contributed by atoms with E-state index in [2.05, 4.69) is 36.1 Å². The SMILES string of the molecule is COc1ccc(-c2cc(NC(C)(C)C)nc(N)n2)cc1. The number of nitrogens with two attached hydrogens (primary N) is 1. The number of methoxy groups -OCH3 is 1. The molecule has 2 aromatic rings. The van der Waals surface area contributed by atoms with Crippen molar-refractivity contribution < 1.29 is 4.74 Å². The van der Waals surface area contributed by atoms with Gasteiger partial charge in [0.2, 0.25) is 5.95 Å². The third-order valence-electron chi connectivity index (χ3n) is 2.63. The Kier molecular flexibility index (Phi) is 3.79. The van der Waals surface area contributed by atoms with Crippen molar-refractivity contribution in [3.63, 3.8) is 0 Å². The smallest absolute Gasteiger partial charge is 0.222 e. The monoisotopic (exact) mass is 272 g/mol. The summed E-state index contributed by atoms with van der Waals surface area (Å²) in [6.07, 6.45) is 0. The lowest BCUT2D eigenvalue weighted by molar-refractivity contribution is 0.415. The molecule has 5 nitrogen and oxygen atoms in total. The van der Waals surface area contributed by atoms with Gasteiger partial charge in [-0.2, -0.15) is 4.98 Å². The molecule has 0 spiro atoms. The van der Waals surface area contributed by atoms with Gasteiger partial charge in [0, 0.05) is 17.2 Å². The fourth-order valence-corrected chi connectivity index (χ4v) is 1.82. The van der Waals surface area contributed by atoms with Crippen LogP contribution in [0, 0.1) is 0 Å². The van der Waals surface area contributed by atoms with Crippen LogP contribution in [0.1, 0.15) is 20.8 Å². The van der Waals surface area contributed by atoms with Gasteiger partial charge in [-0.25, -0.2) is 4.98 Å². The van der Waals surface area contributed by atoms with Crippen LogP contribution in [0.3, 0.4) is 0 Å². The second-order valence-corrected chi connectivity index (χ2v) is 5.60. The highest BCUT2D eigenvalue weighted by Crippen LogP contribution is 2.24. The quantitative estimate of drug-likeness (QED) is 0.898. The minimum Gasteiger partial charge on any atom is -0.497 e. The highest BCUT2D eigenvalue weighted by molar-refractivity contribution is 5.65. The van der Waals surface area contributed by atoms with Gasteiger partial charge in [0.05, 0.1) is 12.8 Å². The lowest BCUT2D eigenvalue weighted by atomic mass is 10.1. The van der Waals surface area contributed by atoms with Crippen molar-refractivity contribution in [1.82, 2.24) is 9.97 Å². The van der Waals surface area contributed by atoms with E-state index >= 15 is 0 Å². The zero-order chi connectivity index (χ0) is 14.8. The molecule has 0 fully saturated rings. The van der Waals surface area contributed by atoms with E-state index in [1.165, 1.54) is 0 Å². The molecule has 20 heavy (non-hydrogen) atoms. The number of nitrogens with zero attached hydrogens (tertiary/aromatic N) is 2. The van der Waals surface area contributed by atoms with Crippen LogP contribution in [-0.2, 0) is 0 Å². The summed E-state index contributed by atoms with van der Waals surface area (Å²) in [6.45, 7) is 6.20. The van der Waals surface area contributed by atoms with Gasteiger partial charge in [0.15, 0.2) is 0 Å². The molecule has 0 aliphatic rings. The van der Waals surface area contributed by atoms with Crippen molar-refractivity contribution in [3.8, 4) is 17.0 Å². The van der Waals surface area contributed by atoms with Gasteiger partial charge < -0.3 is 15.8 Å². The maximum absolute atomic E-state index is 5.78. The largest absolute Gasteiger partial charge is 0.497 e. The van der Waals surface area contributed by atoms with Crippen LogP contribution in [0.25, 0.3) is 11.3 Å². The second-order valence-electron chi connectivity index (χ2n) is 5.60. The molecular weight excluding hydrogens is 252 g/mol. The van der Waals surface area contributed by atoms with E-state index in [4.69, 9.17) is 10.5 Å². The summed E-state index contributed by atoms with van der Waals surface area (Å²) < 4.78 is 5.15. The minimum atomic E-state index is -0.0853. The topological polar surface area (TPSA) is 73.1 Å². The van der Waals surface area contributed by atoms with Crippen LogP contribution in [0.4, 0.5) is 11.8 Å². The van der Waals surface area contributed by atoms with E-state index in [1.54, 1.807) is 7.11 Å². The molecule has 0 amide bonds. The van der Waals surface area contributed by atoms with Gasteiger partial charge in [-0.3, -0.25) is 0 Å². The van der Waals surface area contributed by atoms with Gasteiger partial charge in [-0.15, -0.1) is 0 Å². The van der Waals surface area contributed by atoms with E-state index in [-0.39, 0.29) is 11.5 Å². The zero-order valence-corrected chi connectivity index (χ0v) is 12.3. The second kappa shape index (κ2) is 5.36. The summed E-state index contributed by atoms with van der Waals surface area (Å²) in [5, 5.41) is 3.30. The molecule has 1 heterocycles. The van der Waals surface area contributed by atoms with Crippen molar-refractivity contribution in [2.24, 2.45) is 0 Å². The Morgan fingerprint density at radius 3 is 2.30 bits per heavy atom. The van der Waals surface area contributed by atoms with Crippen molar-refractivity contribution in [2.45, 2.75) is 26.3 Å². The fraction of sp³-hybridized carbons (Fsp3) is 0.333. The maximum atomic E-state index is 5.78. The average molecular weight is 272 g/mol. The molecule has 5 heteroatoms. The summed E-state index contributed by atoms with van der Waals surface area (Å²) >= 11 is 0. The molecule has 0 unspecified atom stereocenters. The first-order chi connectivity index (χ1) is 9.37. The third kappa shape index (κ3) is 3.60. The molecule has 1 aromatic heterocycles. The van der Waals surface area contributed by atoms with Crippen LogP contribution in [0.2, 0.25) is 0 Å². The van der Waals surface area contributed by atoms with E-state index in [9.17, 15) is 0 Å². The predicted molar refractivity (Wildman–Crippen MR) is 81.8 cm³/mol. The Morgan fingerprint density at radius 1 is 1.10 bits per heavy atom. The Hall–Kier alpha value is -2.30. The summed E-state index contributed by atoms with van der Waals surface area (Å²) in [4.78, 5) is 8.48. The van der Waals surface area contributed by atoms with Crippen molar-refractivity contribution in [2.75, 3.05) is 18.2 Å². The normalized spacial score (nSPS) is 11.2. The highest BCUT2D eigenvalue weighted by atomic mass is 16.5. The van der Waals surface area contributed by atoms with Crippen LogP contribution in [0.5, 0.6) is 5.75 Å². The van der Waals surface area contributed by atoms with Gasteiger partial charge in [-0.05, 0) is 45.0 Å². The Morgan fingerprint density at radius 2 is 1.75 bits per heavy atom. The van der Waals surface area contributed by atoms with Crippen molar-refractivity contribution in [3.05, 3.63) is 30.3 Å². The third-order valence-corrected chi connectivity index (χ3v) is 2.63. The Labute approximate surface area is 119 Å². The molecule has 106 valence electrons. The van der Waals surface area contributed by atoms with Gasteiger partial charge in [0.1, 0.15) is 11.6 Å². The fourth-order valence-electron chi connectivity index (χ4n) is 1.82. The molecular formula is C15H20N4O. The Balaban J connectivity index is 2.35. The van der Waals surface area contributed by atoms with Crippen molar-refractivity contribution >= 4 is 11.8 Å². The molecule has 0 saturated heterocycles. The van der Waals surface area contributed by atoms with Crippen LogP contribution in [0.15, 0.2) is 30.3 Å². The highest BCUT2D eigenvalue weighted by Gasteiger charge is 2.12. The van der Waals surface area contributed by atoms with Crippen LogP contribution < -0.4 is 15.8 Å². The number of ether oxygens (including phenoxy) is 1. The zero-order valence-electron chi connectivity index (χ0n) is 12.3. The Bertz CT molecular complexity index is 588. The van der Waals surface area contributed by atoms with E-state index in [1.807, 2.05) is 30.3 Å². The molecule has 0 atom stereocenters. The van der Waals surface area contributed by atoms with E-state index in [0.717, 1.165) is 22.8 Å². The molecule has 0 radical (unpaired) electrons. The summed E-state index contributed by atoms with van der Waals surface area (Å²) in [5.41, 5.74) is 7.45. The summed E-state index contributed by atoms with van der Waals surface area (Å²) in [5.74, 6) is 1.78. The van der Waals surface area contributed by atoms with Crippen molar-refractivity contribution in [1.29, 1.82) is 0 Å². The van der Waals surface area contributed by atoms with E-state index in [0.29, 0.717) is 0 Å². The van der Waals surface area contributed by atoms with E-state index < -0.39 is 0 Å². The number of anilines is 2. The molecule has 1 aromatic carbocycles. The number of rotatable bonds is 3. The molecule has 0 aliphatic carbocycles. The summed E-state index contributed by atoms with van der Waals surface area (Å²) in [6, 6.07) is 9.57. The molecule has 0 bridgehead atoms. The van der Waals surface area contributed by atoms with Gasteiger partial charge in [-0.1, -0.05) is 0 Å². The molecule has 0 aliphatic heterocycles.